The second-order valence-corrected chi connectivity index (χ2v) is 12.5. The van der Waals surface area contributed by atoms with E-state index in [0.29, 0.717) is 25.5 Å². The van der Waals surface area contributed by atoms with Crippen LogP contribution in [-0.2, 0) is 16.6 Å². The summed E-state index contributed by atoms with van der Waals surface area (Å²) >= 11 is 6.39. The summed E-state index contributed by atoms with van der Waals surface area (Å²) in [6, 6.07) is 12.2. The van der Waals surface area contributed by atoms with Crippen LogP contribution in [-0.4, -0.2) is 60.4 Å². The van der Waals surface area contributed by atoms with Crippen LogP contribution in [0.4, 0.5) is 5.69 Å². The maximum atomic E-state index is 12.8. The summed E-state index contributed by atoms with van der Waals surface area (Å²) in [6.45, 7) is 2.67. The van der Waals surface area contributed by atoms with E-state index < -0.39 is 12.2 Å². The first-order chi connectivity index (χ1) is 18.8. The van der Waals surface area contributed by atoms with Crippen molar-refractivity contribution in [3.8, 4) is 5.75 Å². The fraction of sp³-hybridized carbons (Fsp3) is 0.531. The Kier molecular flexibility index (Phi) is 7.38. The maximum Gasteiger partial charge on any atom is 0.225 e. The van der Waals surface area contributed by atoms with Crippen LogP contribution in [0.3, 0.4) is 0 Å². The number of anilines is 1. The summed E-state index contributed by atoms with van der Waals surface area (Å²) in [7, 11) is 1.75. The van der Waals surface area contributed by atoms with E-state index >= 15 is 0 Å². The molecule has 0 saturated heterocycles. The summed E-state index contributed by atoms with van der Waals surface area (Å²) < 4.78 is 6.58. The van der Waals surface area contributed by atoms with Crippen LogP contribution in [0.1, 0.15) is 61.3 Å². The lowest BCUT2D eigenvalue weighted by molar-refractivity contribution is -0.131. The average Bonchev–Trinajstić information content (AvgIpc) is 3.05. The van der Waals surface area contributed by atoms with Gasteiger partial charge >= 0.3 is 0 Å². The number of aliphatic hydroxyl groups excluding tert-OH is 2. The smallest absolute Gasteiger partial charge is 0.225 e. The molecule has 2 heterocycles. The number of aliphatic hydroxyl groups is 2. The Morgan fingerprint density at radius 3 is 2.79 bits per heavy atom. The molecule has 2 N–H and O–H groups in total. The number of nitrogens with zero attached hydrogens (tertiary/aromatic N) is 2. The number of aryl methyl sites for hydroxylation is 1. The molecule has 0 radical (unpaired) electrons. The van der Waals surface area contributed by atoms with E-state index in [-0.39, 0.29) is 23.7 Å². The van der Waals surface area contributed by atoms with E-state index in [0.717, 1.165) is 67.2 Å². The van der Waals surface area contributed by atoms with Crippen molar-refractivity contribution in [1.82, 2.24) is 4.90 Å². The molecule has 2 bridgehead atoms. The standard InChI is InChI=1S/C32H39ClN2O4/c1-34-14-3-2-6-28(36)25-10-7-23(25)18-35-19-32(13-4-5-21-15-24(33)9-11-26(21)32)20-39-30-12-8-22(16-27(30)35)29(37)17-31(34)38/h2-3,8-9,11-12,15-16,23,25,28-29,36-37H,4-7,10,13-14,17-20H2,1H3/b3-2-/t23-,25+,28-,29-,32-/m0/s1. The van der Waals surface area contributed by atoms with Gasteiger partial charge in [-0.1, -0.05) is 35.9 Å². The molecule has 6 rings (SSSR count). The Morgan fingerprint density at radius 2 is 1.97 bits per heavy atom. The minimum atomic E-state index is -0.892. The topological polar surface area (TPSA) is 73.2 Å². The highest BCUT2D eigenvalue weighted by Crippen LogP contribution is 2.47. The van der Waals surface area contributed by atoms with Crippen molar-refractivity contribution in [3.63, 3.8) is 0 Å². The van der Waals surface area contributed by atoms with Crippen LogP contribution in [0.5, 0.6) is 5.75 Å². The molecule has 0 unspecified atom stereocenters. The Balaban J connectivity index is 1.40. The zero-order valence-electron chi connectivity index (χ0n) is 22.7. The number of rotatable bonds is 0. The number of hydrogen-bond donors (Lipinski definition) is 2. The van der Waals surface area contributed by atoms with Crippen molar-refractivity contribution < 1.29 is 19.7 Å². The number of carbonyl (C=O) groups excluding carboxylic acids is 1. The number of amides is 1. The van der Waals surface area contributed by atoms with Gasteiger partial charge in [0.2, 0.25) is 5.91 Å². The molecule has 39 heavy (non-hydrogen) atoms. The zero-order valence-corrected chi connectivity index (χ0v) is 23.4. The molecule has 208 valence electrons. The van der Waals surface area contributed by atoms with Gasteiger partial charge in [0.1, 0.15) is 5.75 Å². The second-order valence-electron chi connectivity index (χ2n) is 12.1. The Bertz CT molecular complexity index is 1260. The average molecular weight is 551 g/mol. The van der Waals surface area contributed by atoms with E-state index in [2.05, 4.69) is 17.0 Å². The van der Waals surface area contributed by atoms with E-state index in [1.54, 1.807) is 11.9 Å². The zero-order chi connectivity index (χ0) is 27.1. The van der Waals surface area contributed by atoms with E-state index in [1.807, 2.05) is 36.4 Å². The first-order valence-corrected chi connectivity index (χ1v) is 14.8. The number of benzene rings is 2. The molecule has 2 aliphatic heterocycles. The van der Waals surface area contributed by atoms with Crippen LogP contribution in [0.15, 0.2) is 48.6 Å². The molecular weight excluding hydrogens is 512 g/mol. The van der Waals surface area contributed by atoms with E-state index in [1.165, 1.54) is 11.1 Å². The SMILES string of the molecule is CN1C/C=C\C[C@H](O)[C@@H]2CC[C@H]2CN2C[C@@]3(CCCc4cc(Cl)ccc43)COc3ccc(cc32)[C@@H](O)CC1=O. The molecule has 2 aromatic rings. The van der Waals surface area contributed by atoms with Crippen molar-refractivity contribution in [2.24, 2.45) is 11.8 Å². The molecule has 1 amide bonds. The minimum absolute atomic E-state index is 0.0232. The van der Waals surface area contributed by atoms with Crippen molar-refractivity contribution in [2.75, 3.05) is 38.2 Å². The summed E-state index contributed by atoms with van der Waals surface area (Å²) in [6.07, 6.45) is 8.53. The van der Waals surface area contributed by atoms with Gasteiger partial charge < -0.3 is 24.7 Å². The third-order valence-corrected chi connectivity index (χ3v) is 9.82. The summed E-state index contributed by atoms with van der Waals surface area (Å²) in [5.74, 6) is 1.33. The second kappa shape index (κ2) is 10.8. The number of ether oxygens (including phenoxy) is 1. The third-order valence-electron chi connectivity index (χ3n) is 9.59. The molecule has 5 atom stereocenters. The number of halogens is 1. The fourth-order valence-electron chi connectivity index (χ4n) is 7.13. The number of likely N-dealkylation sites (N-methyl/N-ethyl adjacent to an activating group) is 1. The van der Waals surface area contributed by atoms with E-state index in [9.17, 15) is 15.0 Å². The summed E-state index contributed by atoms with van der Waals surface area (Å²) in [5, 5.41) is 22.9. The molecular formula is C32H39ClN2O4. The summed E-state index contributed by atoms with van der Waals surface area (Å²) in [4.78, 5) is 16.9. The van der Waals surface area contributed by atoms with Gasteiger partial charge in [-0.25, -0.2) is 0 Å². The van der Waals surface area contributed by atoms with Crippen LogP contribution < -0.4 is 9.64 Å². The van der Waals surface area contributed by atoms with Gasteiger partial charge in [-0.3, -0.25) is 4.79 Å². The third kappa shape index (κ3) is 5.19. The molecule has 4 aliphatic rings. The Labute approximate surface area is 236 Å². The lowest BCUT2D eigenvalue weighted by Crippen LogP contribution is -2.49. The van der Waals surface area contributed by atoms with Gasteiger partial charge in [0, 0.05) is 37.1 Å². The highest BCUT2D eigenvalue weighted by Gasteiger charge is 2.44. The van der Waals surface area contributed by atoms with Crippen LogP contribution in [0, 0.1) is 11.8 Å². The molecule has 0 aromatic heterocycles. The van der Waals surface area contributed by atoms with Crippen LogP contribution in [0.25, 0.3) is 0 Å². The van der Waals surface area contributed by atoms with Crippen LogP contribution >= 0.6 is 11.6 Å². The fourth-order valence-corrected chi connectivity index (χ4v) is 7.33. The molecule has 1 saturated carbocycles. The Morgan fingerprint density at radius 1 is 1.10 bits per heavy atom. The van der Waals surface area contributed by atoms with Crippen LogP contribution in [0.2, 0.25) is 5.02 Å². The normalized spacial score (nSPS) is 31.9. The number of carbonyl (C=O) groups is 1. The number of fused-ring (bicyclic) bond motifs is 4. The maximum absolute atomic E-state index is 12.8. The quantitative estimate of drug-likeness (QED) is 0.450. The molecule has 2 aliphatic carbocycles. The van der Waals surface area contributed by atoms with Gasteiger partial charge in [0.25, 0.3) is 0 Å². The van der Waals surface area contributed by atoms with E-state index in [4.69, 9.17) is 16.3 Å². The summed E-state index contributed by atoms with van der Waals surface area (Å²) in [5.41, 5.74) is 4.15. The van der Waals surface area contributed by atoms with Gasteiger partial charge in [0.05, 0.1) is 30.9 Å². The predicted molar refractivity (Wildman–Crippen MR) is 153 cm³/mol. The highest BCUT2D eigenvalue weighted by atomic mass is 35.5. The van der Waals surface area contributed by atoms with Crippen molar-refractivity contribution in [2.45, 2.75) is 62.6 Å². The monoisotopic (exact) mass is 550 g/mol. The van der Waals surface area contributed by atoms with Crippen molar-refractivity contribution >= 4 is 23.2 Å². The van der Waals surface area contributed by atoms with Gasteiger partial charge in [-0.15, -0.1) is 0 Å². The highest BCUT2D eigenvalue weighted by molar-refractivity contribution is 6.30. The largest absolute Gasteiger partial charge is 0.490 e. The first-order valence-electron chi connectivity index (χ1n) is 14.4. The molecule has 1 fully saturated rings. The van der Waals surface area contributed by atoms with Crippen molar-refractivity contribution in [1.29, 1.82) is 0 Å². The first kappa shape index (κ1) is 26.7. The predicted octanol–water partition coefficient (Wildman–Crippen LogP) is 5.04. The lowest BCUT2D eigenvalue weighted by Gasteiger charge is -2.45. The number of hydrogen-bond acceptors (Lipinski definition) is 5. The minimum Gasteiger partial charge on any atom is -0.490 e. The van der Waals surface area contributed by atoms with Gasteiger partial charge in [-0.2, -0.15) is 0 Å². The Hall–Kier alpha value is -2.54. The molecule has 2 aromatic carbocycles. The van der Waals surface area contributed by atoms with Crippen molar-refractivity contribution in [3.05, 3.63) is 70.3 Å². The molecule has 7 heteroatoms. The van der Waals surface area contributed by atoms with Gasteiger partial charge in [-0.05, 0) is 91.3 Å². The van der Waals surface area contributed by atoms with Gasteiger partial charge in [0.15, 0.2) is 0 Å². The lowest BCUT2D eigenvalue weighted by atomic mass is 9.68. The molecule has 6 nitrogen and oxygen atoms in total. The molecule has 1 spiro atoms.